The molecule has 0 saturated carbocycles. The molecule has 0 atom stereocenters. The summed E-state index contributed by atoms with van der Waals surface area (Å²) in [7, 11) is 0. The highest BCUT2D eigenvalue weighted by Gasteiger charge is 2.26. The number of nitrogens with zero attached hydrogens (tertiary/aromatic N) is 2. The molecule has 1 aromatic rings. The van der Waals surface area contributed by atoms with Gasteiger partial charge in [0.1, 0.15) is 5.56 Å². The van der Waals surface area contributed by atoms with E-state index in [0.29, 0.717) is 18.8 Å². The molecule has 1 fully saturated rings. The van der Waals surface area contributed by atoms with Gasteiger partial charge in [-0.25, -0.2) is 0 Å². The zero-order valence-electron chi connectivity index (χ0n) is 11.2. The lowest BCUT2D eigenvalue weighted by Crippen LogP contribution is -2.34. The lowest BCUT2D eigenvalue weighted by molar-refractivity contribution is -0.385. The van der Waals surface area contributed by atoms with Gasteiger partial charge >= 0.3 is 0 Å². The Labute approximate surface area is 120 Å². The number of nitrogens with two attached hydrogens (primary N) is 1. The number of carbonyl (C=O) groups is 2. The molecular weight excluding hydrogens is 278 g/mol. The van der Waals surface area contributed by atoms with Gasteiger partial charge < -0.3 is 15.6 Å². The van der Waals surface area contributed by atoms with Gasteiger partial charge in [-0.1, -0.05) is 0 Å². The average molecular weight is 293 g/mol. The van der Waals surface area contributed by atoms with Gasteiger partial charge in [0.25, 0.3) is 11.6 Å². The Balaban J connectivity index is 2.32. The number of nitro benzene ring substituents is 1. The molecule has 1 aliphatic rings. The largest absolute Gasteiger partial charge is 0.354 e. The van der Waals surface area contributed by atoms with E-state index >= 15 is 0 Å². The minimum atomic E-state index is -0.616. The quantitative estimate of drug-likeness (QED) is 0.403. The minimum absolute atomic E-state index is 0.0511. The van der Waals surface area contributed by atoms with E-state index in [4.69, 9.17) is 5.84 Å². The second kappa shape index (κ2) is 6.18. The second-order valence-corrected chi connectivity index (χ2v) is 4.53. The van der Waals surface area contributed by atoms with Gasteiger partial charge in [0.2, 0.25) is 5.91 Å². The first-order chi connectivity index (χ1) is 10.0. The summed E-state index contributed by atoms with van der Waals surface area (Å²) >= 11 is 0. The smallest absolute Gasteiger partial charge is 0.282 e. The number of hydrogen-bond acceptors (Lipinski definition) is 6. The Morgan fingerprint density at radius 1 is 1.43 bits per heavy atom. The monoisotopic (exact) mass is 293 g/mol. The van der Waals surface area contributed by atoms with Crippen LogP contribution in [0.25, 0.3) is 0 Å². The molecule has 112 valence electrons. The number of amides is 2. The van der Waals surface area contributed by atoms with Crippen molar-refractivity contribution in [1.82, 2.24) is 10.2 Å². The Kier molecular flexibility index (Phi) is 4.33. The van der Waals surface area contributed by atoms with Crippen molar-refractivity contribution in [2.75, 3.05) is 25.1 Å². The van der Waals surface area contributed by atoms with Crippen LogP contribution in [0.15, 0.2) is 18.2 Å². The molecule has 0 aromatic heterocycles. The third kappa shape index (κ3) is 3.26. The summed E-state index contributed by atoms with van der Waals surface area (Å²) in [4.78, 5) is 35.6. The third-order valence-electron chi connectivity index (χ3n) is 3.19. The Morgan fingerprint density at radius 3 is 2.86 bits per heavy atom. The molecule has 1 aromatic carbocycles. The van der Waals surface area contributed by atoms with Crippen molar-refractivity contribution in [3.8, 4) is 0 Å². The Hall–Kier alpha value is -2.68. The molecule has 9 heteroatoms. The third-order valence-corrected chi connectivity index (χ3v) is 3.19. The average Bonchev–Trinajstić information content (AvgIpc) is 2.70. The van der Waals surface area contributed by atoms with E-state index in [2.05, 4.69) is 10.7 Å². The van der Waals surface area contributed by atoms with Crippen LogP contribution >= 0.6 is 0 Å². The van der Waals surface area contributed by atoms with Crippen LogP contribution in [-0.2, 0) is 4.79 Å². The zero-order valence-corrected chi connectivity index (χ0v) is 11.2. The van der Waals surface area contributed by atoms with E-state index in [-0.39, 0.29) is 30.1 Å². The zero-order chi connectivity index (χ0) is 15.4. The normalized spacial score (nSPS) is 15.1. The van der Waals surface area contributed by atoms with Crippen LogP contribution in [0.3, 0.4) is 0 Å². The van der Waals surface area contributed by atoms with Gasteiger partial charge in [0, 0.05) is 37.8 Å². The molecule has 1 aliphatic heterocycles. The number of hydrogen-bond donors (Lipinski definition) is 3. The van der Waals surface area contributed by atoms with E-state index in [9.17, 15) is 19.7 Å². The van der Waals surface area contributed by atoms with Gasteiger partial charge in [0.05, 0.1) is 4.92 Å². The van der Waals surface area contributed by atoms with E-state index in [1.807, 2.05) is 0 Å². The van der Waals surface area contributed by atoms with E-state index in [1.165, 1.54) is 23.1 Å². The Morgan fingerprint density at radius 2 is 2.19 bits per heavy atom. The molecule has 0 spiro atoms. The molecule has 9 nitrogen and oxygen atoms in total. The van der Waals surface area contributed by atoms with Gasteiger partial charge in [-0.3, -0.25) is 25.5 Å². The van der Waals surface area contributed by atoms with Crippen molar-refractivity contribution in [2.24, 2.45) is 5.84 Å². The van der Waals surface area contributed by atoms with Crippen LogP contribution in [0.5, 0.6) is 0 Å². The van der Waals surface area contributed by atoms with Crippen molar-refractivity contribution in [3.63, 3.8) is 0 Å². The fourth-order valence-corrected chi connectivity index (χ4v) is 2.10. The molecule has 4 N–H and O–H groups in total. The minimum Gasteiger partial charge on any atom is -0.354 e. The standard InChI is InChI=1S/C12H15N5O4/c13-15-8-1-2-10(17(20)21)9(7-8)12(19)16-5-3-11(18)14-4-6-16/h1-2,7,15H,3-6,13H2,(H,14,18). The number of nitrogens with one attached hydrogen (secondary N) is 2. The van der Waals surface area contributed by atoms with Crippen LogP contribution in [0.4, 0.5) is 11.4 Å². The summed E-state index contributed by atoms with van der Waals surface area (Å²) in [5.41, 5.74) is 2.41. The molecule has 0 aliphatic carbocycles. The number of carbonyl (C=O) groups excluding carboxylic acids is 2. The lowest BCUT2D eigenvalue weighted by Gasteiger charge is -2.19. The number of anilines is 1. The van der Waals surface area contributed by atoms with Crippen LogP contribution in [0.2, 0.25) is 0 Å². The summed E-state index contributed by atoms with van der Waals surface area (Å²) in [6, 6.07) is 3.98. The molecule has 0 unspecified atom stereocenters. The molecule has 1 heterocycles. The maximum absolute atomic E-state index is 12.5. The van der Waals surface area contributed by atoms with Crippen LogP contribution < -0.4 is 16.6 Å². The van der Waals surface area contributed by atoms with Gasteiger partial charge in [-0.2, -0.15) is 0 Å². The van der Waals surface area contributed by atoms with Gasteiger partial charge in [0.15, 0.2) is 0 Å². The summed E-state index contributed by atoms with van der Waals surface area (Å²) in [6.07, 6.45) is 0.175. The summed E-state index contributed by atoms with van der Waals surface area (Å²) in [5, 5.41) is 13.7. The number of hydrazine groups is 1. The number of benzene rings is 1. The first-order valence-corrected chi connectivity index (χ1v) is 6.34. The predicted octanol–water partition coefficient (Wildman–Crippen LogP) is -0.157. The summed E-state index contributed by atoms with van der Waals surface area (Å²) in [6.45, 7) is 0.858. The highest BCUT2D eigenvalue weighted by atomic mass is 16.6. The molecular formula is C12H15N5O4. The first kappa shape index (κ1) is 14.7. The molecule has 0 radical (unpaired) electrons. The van der Waals surface area contributed by atoms with Crippen LogP contribution in [-0.4, -0.2) is 41.3 Å². The summed E-state index contributed by atoms with van der Waals surface area (Å²) in [5.74, 6) is 4.64. The van der Waals surface area contributed by atoms with Gasteiger partial charge in [-0.15, -0.1) is 0 Å². The van der Waals surface area contributed by atoms with E-state index < -0.39 is 10.8 Å². The molecule has 2 amide bonds. The van der Waals surface area contributed by atoms with E-state index in [1.54, 1.807) is 0 Å². The van der Waals surface area contributed by atoms with Crippen molar-refractivity contribution < 1.29 is 14.5 Å². The van der Waals surface area contributed by atoms with Crippen molar-refractivity contribution >= 4 is 23.2 Å². The topological polar surface area (TPSA) is 131 Å². The number of rotatable bonds is 3. The SMILES string of the molecule is NNc1ccc([N+](=O)[O-])c(C(=O)N2CCNC(=O)CC2)c1. The Bertz CT molecular complexity index is 589. The number of nitrogen functional groups attached to an aromatic ring is 1. The van der Waals surface area contributed by atoms with Crippen molar-refractivity contribution in [1.29, 1.82) is 0 Å². The summed E-state index contributed by atoms with van der Waals surface area (Å²) < 4.78 is 0. The number of nitro groups is 1. The highest BCUT2D eigenvalue weighted by Crippen LogP contribution is 2.24. The highest BCUT2D eigenvalue weighted by molar-refractivity contribution is 5.99. The van der Waals surface area contributed by atoms with Crippen molar-refractivity contribution in [2.45, 2.75) is 6.42 Å². The first-order valence-electron chi connectivity index (χ1n) is 6.34. The second-order valence-electron chi connectivity index (χ2n) is 4.53. The van der Waals surface area contributed by atoms with E-state index in [0.717, 1.165) is 0 Å². The maximum Gasteiger partial charge on any atom is 0.282 e. The van der Waals surface area contributed by atoms with Crippen LogP contribution in [0, 0.1) is 10.1 Å². The fraction of sp³-hybridized carbons (Fsp3) is 0.333. The van der Waals surface area contributed by atoms with Crippen LogP contribution in [0.1, 0.15) is 16.8 Å². The molecule has 2 rings (SSSR count). The fourth-order valence-electron chi connectivity index (χ4n) is 2.10. The lowest BCUT2D eigenvalue weighted by atomic mass is 10.1. The molecule has 0 bridgehead atoms. The van der Waals surface area contributed by atoms with Crippen molar-refractivity contribution in [3.05, 3.63) is 33.9 Å². The molecule has 1 saturated heterocycles. The van der Waals surface area contributed by atoms with Gasteiger partial charge in [-0.05, 0) is 12.1 Å². The predicted molar refractivity (Wildman–Crippen MR) is 74.4 cm³/mol. The molecule has 21 heavy (non-hydrogen) atoms. The maximum atomic E-state index is 12.5.